The second kappa shape index (κ2) is 8.46. The lowest BCUT2D eigenvalue weighted by Crippen LogP contribution is -2.07. The molecule has 5 aromatic carbocycles. The van der Waals surface area contributed by atoms with E-state index in [-0.39, 0.29) is 5.39 Å². The fourth-order valence-corrected chi connectivity index (χ4v) is 4.33. The summed E-state index contributed by atoms with van der Waals surface area (Å²) in [4.78, 5) is 0. The number of hydrogen-bond donors (Lipinski definition) is 0. The van der Waals surface area contributed by atoms with Crippen molar-refractivity contribution in [3.05, 3.63) is 106 Å². The Morgan fingerprint density at radius 1 is 0.351 bits per heavy atom. The minimum atomic E-state index is -2.55. The largest absolute Gasteiger partial charge is 0.204 e. The highest BCUT2D eigenvalue weighted by Crippen LogP contribution is 2.48. The first kappa shape index (κ1) is 24.5. The molecule has 188 valence electrons. The molecule has 0 aliphatic rings. The molecule has 0 nitrogen and oxygen atoms in total. The average Bonchev–Trinajstić information content (AvgIpc) is 2.89. The number of rotatable bonds is 2. The van der Waals surface area contributed by atoms with Crippen LogP contribution in [0, 0.1) is 64.0 Å². The van der Waals surface area contributed by atoms with Crippen molar-refractivity contribution in [1.82, 2.24) is 0 Å². The molecule has 0 fully saturated rings. The highest BCUT2D eigenvalue weighted by atomic mass is 19.2. The first-order chi connectivity index (χ1) is 17.5. The first-order valence-electron chi connectivity index (χ1n) is 10.1. The van der Waals surface area contributed by atoms with E-state index in [9.17, 15) is 39.5 Å². The third kappa shape index (κ3) is 3.36. The molecule has 0 heterocycles. The van der Waals surface area contributed by atoms with Crippen LogP contribution in [0.1, 0.15) is 0 Å². The highest BCUT2D eigenvalue weighted by Gasteiger charge is 2.33. The molecule has 0 amide bonds. The van der Waals surface area contributed by atoms with Gasteiger partial charge in [0.1, 0.15) is 0 Å². The minimum absolute atomic E-state index is 0.316. The molecule has 0 bridgehead atoms. The summed E-state index contributed by atoms with van der Waals surface area (Å²) in [5.41, 5.74) is -3.88. The molecule has 11 heteroatoms. The Labute approximate surface area is 199 Å². The van der Waals surface area contributed by atoms with E-state index < -0.39 is 102 Å². The van der Waals surface area contributed by atoms with E-state index in [1.54, 1.807) is 0 Å². The molecule has 0 saturated heterocycles. The van der Waals surface area contributed by atoms with Crippen molar-refractivity contribution in [2.45, 2.75) is 0 Å². The molecule has 5 rings (SSSR count). The monoisotopic (exact) mass is 528 g/mol. The summed E-state index contributed by atoms with van der Waals surface area (Å²) in [5.74, 6) is -24.3. The first-order valence-corrected chi connectivity index (χ1v) is 10.1. The molecule has 0 spiro atoms. The minimum Gasteiger partial charge on any atom is -0.204 e. The van der Waals surface area contributed by atoms with Crippen LogP contribution in [0.5, 0.6) is 0 Å². The van der Waals surface area contributed by atoms with E-state index in [1.807, 2.05) is 0 Å². The smallest absolute Gasteiger partial charge is 0.200 e. The topological polar surface area (TPSA) is 0 Å². The van der Waals surface area contributed by atoms with Gasteiger partial charge in [-0.25, -0.2) is 48.3 Å². The van der Waals surface area contributed by atoms with Gasteiger partial charge in [0.05, 0.1) is 5.56 Å². The Morgan fingerprint density at radius 3 is 1.30 bits per heavy atom. The molecule has 0 atom stereocenters. The van der Waals surface area contributed by atoms with Crippen LogP contribution in [0.2, 0.25) is 0 Å². The van der Waals surface area contributed by atoms with Crippen molar-refractivity contribution >= 4 is 21.5 Å². The van der Waals surface area contributed by atoms with Crippen LogP contribution in [0.3, 0.4) is 0 Å². The third-order valence-electron chi connectivity index (χ3n) is 5.90. The summed E-state index contributed by atoms with van der Waals surface area (Å²) in [6.45, 7) is 0. The quantitative estimate of drug-likeness (QED) is 0.0930. The summed E-state index contributed by atoms with van der Waals surface area (Å²) in [5, 5.41) is -3.41. The van der Waals surface area contributed by atoms with Gasteiger partial charge in [-0.2, -0.15) is 0 Å². The summed E-state index contributed by atoms with van der Waals surface area (Å²) < 4.78 is 159. The standard InChI is InChI=1S/C26H7F11/c27-11-6-5-8(7-12(11)28)13-9-3-1-2-4-10(9)14(16-15(13)18(29)22(33)23(34)19(16)30)17-20(31)24(35)26(37)25(36)21(17)32/h1-7H. The summed E-state index contributed by atoms with van der Waals surface area (Å²) >= 11 is 0. The molecule has 0 radical (unpaired) electrons. The second-order valence-electron chi connectivity index (χ2n) is 7.88. The van der Waals surface area contributed by atoms with Crippen molar-refractivity contribution in [2.24, 2.45) is 0 Å². The van der Waals surface area contributed by atoms with Gasteiger partial charge in [-0.05, 0) is 28.5 Å². The Bertz CT molecular complexity index is 1760. The summed E-state index contributed by atoms with van der Waals surface area (Å²) in [7, 11) is 0. The fraction of sp³-hybridized carbons (Fsp3) is 0. The lowest BCUT2D eigenvalue weighted by Gasteiger charge is -2.20. The Hall–Kier alpha value is -4.15. The van der Waals surface area contributed by atoms with E-state index in [0.29, 0.717) is 12.1 Å². The maximum atomic E-state index is 15.3. The molecule has 37 heavy (non-hydrogen) atoms. The zero-order chi connectivity index (χ0) is 26.9. The molecule has 0 aromatic heterocycles. The van der Waals surface area contributed by atoms with Crippen LogP contribution in [0.15, 0.2) is 42.5 Å². The third-order valence-corrected chi connectivity index (χ3v) is 5.90. The molecular weight excluding hydrogens is 521 g/mol. The molecule has 0 aliphatic heterocycles. The van der Waals surface area contributed by atoms with Crippen molar-refractivity contribution in [3.63, 3.8) is 0 Å². The Kier molecular flexibility index (Phi) is 5.61. The van der Waals surface area contributed by atoms with E-state index >= 15 is 8.78 Å². The van der Waals surface area contributed by atoms with E-state index in [0.717, 1.165) is 18.2 Å². The van der Waals surface area contributed by atoms with Crippen molar-refractivity contribution in [3.8, 4) is 22.3 Å². The Balaban J connectivity index is 2.16. The Morgan fingerprint density at radius 2 is 0.784 bits per heavy atom. The van der Waals surface area contributed by atoms with Crippen LogP contribution in [-0.2, 0) is 0 Å². The van der Waals surface area contributed by atoms with Crippen molar-refractivity contribution in [2.75, 3.05) is 0 Å². The maximum absolute atomic E-state index is 15.3. The summed E-state index contributed by atoms with van der Waals surface area (Å²) in [6, 6.07) is 6.56. The zero-order valence-electron chi connectivity index (χ0n) is 17.7. The van der Waals surface area contributed by atoms with Gasteiger partial charge in [0.2, 0.25) is 5.82 Å². The number of fused-ring (bicyclic) bond motifs is 2. The number of benzene rings is 5. The van der Waals surface area contributed by atoms with Gasteiger partial charge in [-0.1, -0.05) is 30.3 Å². The van der Waals surface area contributed by atoms with E-state index in [2.05, 4.69) is 0 Å². The average molecular weight is 528 g/mol. The van der Waals surface area contributed by atoms with Crippen LogP contribution >= 0.6 is 0 Å². The van der Waals surface area contributed by atoms with Crippen LogP contribution in [0.25, 0.3) is 43.8 Å². The molecule has 0 aliphatic carbocycles. The van der Waals surface area contributed by atoms with Gasteiger partial charge in [0, 0.05) is 21.9 Å². The number of hydrogen-bond acceptors (Lipinski definition) is 0. The van der Waals surface area contributed by atoms with Gasteiger partial charge in [0.25, 0.3) is 0 Å². The van der Waals surface area contributed by atoms with E-state index in [1.165, 1.54) is 12.1 Å². The second-order valence-corrected chi connectivity index (χ2v) is 7.88. The van der Waals surface area contributed by atoms with Gasteiger partial charge in [0.15, 0.2) is 58.2 Å². The summed E-state index contributed by atoms with van der Waals surface area (Å²) in [6.07, 6.45) is 0. The lowest BCUT2D eigenvalue weighted by atomic mass is 9.85. The fourth-order valence-electron chi connectivity index (χ4n) is 4.33. The van der Waals surface area contributed by atoms with Gasteiger partial charge < -0.3 is 0 Å². The molecular formula is C26H7F11. The van der Waals surface area contributed by atoms with Gasteiger partial charge >= 0.3 is 0 Å². The SMILES string of the molecule is Fc1ccc(-c2c3ccccc3c(-c3c(F)c(F)c(F)c(F)c3F)c3c(F)c(F)c(F)c(F)c23)cc1F. The van der Waals surface area contributed by atoms with Crippen molar-refractivity contribution in [1.29, 1.82) is 0 Å². The molecule has 0 unspecified atom stereocenters. The lowest BCUT2D eigenvalue weighted by molar-refractivity contribution is 0.381. The van der Waals surface area contributed by atoms with E-state index in [4.69, 9.17) is 0 Å². The van der Waals surface area contributed by atoms with Crippen LogP contribution in [-0.4, -0.2) is 0 Å². The number of halogens is 11. The molecule has 5 aromatic rings. The zero-order valence-corrected chi connectivity index (χ0v) is 17.7. The normalized spacial score (nSPS) is 11.6. The van der Waals surface area contributed by atoms with Crippen molar-refractivity contribution < 1.29 is 48.3 Å². The predicted octanol–water partition coefficient (Wildman–Crippen LogP) is 8.86. The highest BCUT2D eigenvalue weighted by molar-refractivity contribution is 6.21. The van der Waals surface area contributed by atoms with Gasteiger partial charge in [-0.15, -0.1) is 0 Å². The van der Waals surface area contributed by atoms with Gasteiger partial charge in [-0.3, -0.25) is 0 Å². The molecule has 0 saturated carbocycles. The van der Waals surface area contributed by atoms with Crippen LogP contribution < -0.4 is 0 Å². The maximum Gasteiger partial charge on any atom is 0.200 e. The molecule has 0 N–H and O–H groups in total. The van der Waals surface area contributed by atoms with Crippen LogP contribution in [0.4, 0.5) is 48.3 Å². The predicted molar refractivity (Wildman–Crippen MR) is 112 cm³/mol.